The predicted octanol–water partition coefficient (Wildman–Crippen LogP) is 5.31. The number of hydrogen-bond acceptors (Lipinski definition) is 2. The van der Waals surface area contributed by atoms with E-state index in [-0.39, 0.29) is 17.0 Å². The van der Waals surface area contributed by atoms with E-state index in [0.717, 1.165) is 10.9 Å². The molecule has 3 rings (SSSR count). The Hall–Kier alpha value is -2.43. The molecule has 3 nitrogen and oxygen atoms in total. The highest BCUT2D eigenvalue weighted by molar-refractivity contribution is 6.33. The fraction of sp³-hybridized carbons (Fsp3) is 0.190. The van der Waals surface area contributed by atoms with E-state index in [0.29, 0.717) is 5.69 Å². The van der Waals surface area contributed by atoms with Crippen LogP contribution in [0.3, 0.4) is 0 Å². The van der Waals surface area contributed by atoms with E-state index in [2.05, 4.69) is 41.0 Å². The number of benzene rings is 3. The Balaban J connectivity index is 1.67. The van der Waals surface area contributed by atoms with Crippen molar-refractivity contribution in [3.63, 3.8) is 0 Å². The summed E-state index contributed by atoms with van der Waals surface area (Å²) in [5, 5.41) is 8.52. The molecule has 0 fully saturated rings. The maximum atomic E-state index is 13.1. The Kier molecular flexibility index (Phi) is 5.55. The van der Waals surface area contributed by atoms with Gasteiger partial charge in [-0.3, -0.25) is 10.1 Å². The summed E-state index contributed by atoms with van der Waals surface area (Å²) in [6.07, 6.45) is 0. The molecule has 0 saturated carbocycles. The van der Waals surface area contributed by atoms with Gasteiger partial charge in [-0.2, -0.15) is 0 Å². The van der Waals surface area contributed by atoms with Crippen LogP contribution in [-0.2, 0) is 4.79 Å². The van der Waals surface area contributed by atoms with Crippen molar-refractivity contribution in [1.82, 2.24) is 5.32 Å². The second-order valence-corrected chi connectivity index (χ2v) is 6.74. The Morgan fingerprint density at radius 1 is 1.00 bits per heavy atom. The third-order valence-electron chi connectivity index (χ3n) is 4.36. The van der Waals surface area contributed by atoms with E-state index >= 15 is 0 Å². The SMILES string of the molecule is CC(NC(C)c1ccc2ccccc2c1)C(=O)Nc1ccc(F)cc1Cl. The average molecular weight is 371 g/mol. The second-order valence-electron chi connectivity index (χ2n) is 6.33. The van der Waals surface area contributed by atoms with Gasteiger partial charge in [0.25, 0.3) is 0 Å². The molecule has 2 N–H and O–H groups in total. The number of nitrogens with one attached hydrogen (secondary N) is 2. The van der Waals surface area contributed by atoms with Gasteiger partial charge in [0.1, 0.15) is 5.82 Å². The zero-order valence-electron chi connectivity index (χ0n) is 14.6. The molecule has 0 aliphatic rings. The molecule has 0 spiro atoms. The highest BCUT2D eigenvalue weighted by Gasteiger charge is 2.17. The van der Waals surface area contributed by atoms with Crippen LogP contribution in [0.1, 0.15) is 25.5 Å². The van der Waals surface area contributed by atoms with Crippen LogP contribution in [-0.4, -0.2) is 11.9 Å². The molecule has 1 amide bonds. The maximum absolute atomic E-state index is 13.1. The number of carbonyl (C=O) groups is 1. The van der Waals surface area contributed by atoms with Crippen molar-refractivity contribution in [2.45, 2.75) is 25.9 Å². The Morgan fingerprint density at radius 3 is 2.46 bits per heavy atom. The molecule has 0 saturated heterocycles. The van der Waals surface area contributed by atoms with Crippen LogP contribution in [0.5, 0.6) is 0 Å². The normalized spacial score (nSPS) is 13.4. The van der Waals surface area contributed by atoms with Gasteiger partial charge in [-0.05, 0) is 54.4 Å². The van der Waals surface area contributed by atoms with Crippen LogP contribution in [0.25, 0.3) is 10.8 Å². The minimum atomic E-state index is -0.447. The number of carbonyl (C=O) groups excluding carboxylic acids is 1. The largest absolute Gasteiger partial charge is 0.323 e. The molecular weight excluding hydrogens is 351 g/mol. The van der Waals surface area contributed by atoms with E-state index in [1.54, 1.807) is 6.92 Å². The Morgan fingerprint density at radius 2 is 1.73 bits per heavy atom. The molecule has 0 aromatic heterocycles. The summed E-state index contributed by atoms with van der Waals surface area (Å²) >= 11 is 5.96. The molecule has 26 heavy (non-hydrogen) atoms. The number of amides is 1. The lowest BCUT2D eigenvalue weighted by molar-refractivity contribution is -0.117. The predicted molar refractivity (Wildman–Crippen MR) is 105 cm³/mol. The molecule has 0 bridgehead atoms. The molecule has 2 unspecified atom stereocenters. The second kappa shape index (κ2) is 7.85. The first-order chi connectivity index (χ1) is 12.4. The third kappa shape index (κ3) is 4.21. The van der Waals surface area contributed by atoms with Gasteiger partial charge < -0.3 is 5.32 Å². The molecule has 0 radical (unpaired) electrons. The molecule has 5 heteroatoms. The van der Waals surface area contributed by atoms with E-state index in [4.69, 9.17) is 11.6 Å². The lowest BCUT2D eigenvalue weighted by Crippen LogP contribution is -2.39. The van der Waals surface area contributed by atoms with Gasteiger partial charge in [-0.1, -0.05) is 48.0 Å². The van der Waals surface area contributed by atoms with Crippen LogP contribution in [0.2, 0.25) is 5.02 Å². The van der Waals surface area contributed by atoms with E-state index in [1.165, 1.54) is 23.6 Å². The molecule has 3 aromatic rings. The monoisotopic (exact) mass is 370 g/mol. The zero-order chi connectivity index (χ0) is 18.7. The fourth-order valence-electron chi connectivity index (χ4n) is 2.86. The Bertz CT molecular complexity index is 944. The van der Waals surface area contributed by atoms with Gasteiger partial charge in [0.15, 0.2) is 0 Å². The first-order valence-electron chi connectivity index (χ1n) is 8.44. The lowest BCUT2D eigenvalue weighted by Gasteiger charge is -2.20. The highest BCUT2D eigenvalue weighted by Crippen LogP contribution is 2.23. The molecule has 0 heterocycles. The van der Waals surface area contributed by atoms with E-state index < -0.39 is 11.9 Å². The van der Waals surface area contributed by atoms with Crippen LogP contribution >= 0.6 is 11.6 Å². The van der Waals surface area contributed by atoms with Crippen molar-refractivity contribution in [2.75, 3.05) is 5.32 Å². The average Bonchev–Trinajstić information content (AvgIpc) is 2.63. The van der Waals surface area contributed by atoms with Crippen LogP contribution in [0.4, 0.5) is 10.1 Å². The molecule has 134 valence electrons. The van der Waals surface area contributed by atoms with Crippen molar-refractivity contribution in [3.05, 3.63) is 77.1 Å². The van der Waals surface area contributed by atoms with Crippen molar-refractivity contribution in [1.29, 1.82) is 0 Å². The number of anilines is 1. The van der Waals surface area contributed by atoms with Gasteiger partial charge in [0.05, 0.1) is 16.8 Å². The fourth-order valence-corrected chi connectivity index (χ4v) is 3.07. The summed E-state index contributed by atoms with van der Waals surface area (Å²) < 4.78 is 13.1. The summed E-state index contributed by atoms with van der Waals surface area (Å²) in [5.74, 6) is -0.671. The smallest absolute Gasteiger partial charge is 0.241 e. The molecular formula is C21H20ClFN2O. The third-order valence-corrected chi connectivity index (χ3v) is 4.67. The first-order valence-corrected chi connectivity index (χ1v) is 8.82. The van der Waals surface area contributed by atoms with Gasteiger partial charge in [0, 0.05) is 6.04 Å². The van der Waals surface area contributed by atoms with Crippen molar-refractivity contribution < 1.29 is 9.18 Å². The van der Waals surface area contributed by atoms with Crippen LogP contribution in [0, 0.1) is 5.82 Å². The number of hydrogen-bond donors (Lipinski definition) is 2. The van der Waals surface area contributed by atoms with Crippen molar-refractivity contribution in [3.8, 4) is 0 Å². The summed E-state index contributed by atoms with van der Waals surface area (Å²) in [7, 11) is 0. The van der Waals surface area contributed by atoms with Gasteiger partial charge in [-0.15, -0.1) is 0 Å². The summed E-state index contributed by atoms with van der Waals surface area (Å²) in [4.78, 5) is 12.4. The van der Waals surface area contributed by atoms with E-state index in [1.807, 2.05) is 19.1 Å². The van der Waals surface area contributed by atoms with Crippen LogP contribution in [0.15, 0.2) is 60.7 Å². The topological polar surface area (TPSA) is 41.1 Å². The molecule has 3 aromatic carbocycles. The van der Waals surface area contributed by atoms with Crippen LogP contribution < -0.4 is 10.6 Å². The highest BCUT2D eigenvalue weighted by atomic mass is 35.5. The molecule has 0 aliphatic heterocycles. The number of halogens is 2. The summed E-state index contributed by atoms with van der Waals surface area (Å²) in [5.41, 5.74) is 1.49. The maximum Gasteiger partial charge on any atom is 0.241 e. The minimum absolute atomic E-state index is 0.0101. The van der Waals surface area contributed by atoms with Gasteiger partial charge in [-0.25, -0.2) is 4.39 Å². The number of fused-ring (bicyclic) bond motifs is 1. The molecule has 2 atom stereocenters. The number of rotatable bonds is 5. The minimum Gasteiger partial charge on any atom is -0.323 e. The van der Waals surface area contributed by atoms with Crippen molar-refractivity contribution in [2.24, 2.45) is 0 Å². The zero-order valence-corrected chi connectivity index (χ0v) is 15.3. The lowest BCUT2D eigenvalue weighted by atomic mass is 10.0. The van der Waals surface area contributed by atoms with Crippen molar-refractivity contribution >= 4 is 34.0 Å². The first kappa shape index (κ1) is 18.4. The summed E-state index contributed by atoms with van der Waals surface area (Å²) in [6.45, 7) is 3.79. The quantitative estimate of drug-likeness (QED) is 0.639. The Labute approximate surface area is 157 Å². The summed E-state index contributed by atoms with van der Waals surface area (Å²) in [6, 6.07) is 17.8. The van der Waals surface area contributed by atoms with Gasteiger partial charge >= 0.3 is 0 Å². The van der Waals surface area contributed by atoms with E-state index in [9.17, 15) is 9.18 Å². The molecule has 0 aliphatic carbocycles. The van der Waals surface area contributed by atoms with Gasteiger partial charge in [0.2, 0.25) is 5.91 Å². The standard InChI is InChI=1S/C21H20ClFN2O/c1-13(16-8-7-15-5-3-4-6-17(15)11-16)24-14(2)21(26)25-20-10-9-18(23)12-19(20)22/h3-14,24H,1-2H3,(H,25,26).